The number of rotatable bonds is 9. The Bertz CT molecular complexity index is 871. The molecule has 2 amide bonds. The van der Waals surface area contributed by atoms with Gasteiger partial charge in [0.25, 0.3) is 0 Å². The molecule has 0 aliphatic heterocycles. The van der Waals surface area contributed by atoms with E-state index >= 15 is 0 Å². The Morgan fingerprint density at radius 2 is 2.04 bits per heavy atom. The lowest BCUT2D eigenvalue weighted by Crippen LogP contribution is -2.24. The fourth-order valence-corrected chi connectivity index (χ4v) is 2.34. The minimum absolute atomic E-state index is 0.000476. The molecule has 0 fully saturated rings. The number of nitrogens with zero attached hydrogens (tertiary/aromatic N) is 2. The van der Waals surface area contributed by atoms with Crippen molar-refractivity contribution in [3.8, 4) is 5.75 Å². The van der Waals surface area contributed by atoms with E-state index in [-0.39, 0.29) is 17.1 Å². The zero-order valence-electron chi connectivity index (χ0n) is 14.9. The SMILES string of the molecule is COc1c(Nc2cc(NC=O)nc(NN(C)C=O)c2C)cccc1C(=O)O. The van der Waals surface area contributed by atoms with Crippen LogP contribution >= 0.6 is 0 Å². The molecular weight excluding hydrogens is 354 g/mol. The summed E-state index contributed by atoms with van der Waals surface area (Å²) in [6.07, 6.45) is 1.04. The lowest BCUT2D eigenvalue weighted by molar-refractivity contribution is -0.116. The van der Waals surface area contributed by atoms with Crippen LogP contribution in [0.4, 0.5) is 23.0 Å². The van der Waals surface area contributed by atoms with Crippen molar-refractivity contribution in [1.82, 2.24) is 9.99 Å². The average Bonchev–Trinajstić information content (AvgIpc) is 2.65. The zero-order chi connectivity index (χ0) is 20.0. The summed E-state index contributed by atoms with van der Waals surface area (Å²) in [5.74, 6) is -0.411. The van der Waals surface area contributed by atoms with Crippen molar-refractivity contribution in [3.63, 3.8) is 0 Å². The maximum absolute atomic E-state index is 11.4. The van der Waals surface area contributed by atoms with E-state index in [1.165, 1.54) is 20.2 Å². The highest BCUT2D eigenvalue weighted by molar-refractivity contribution is 5.94. The minimum Gasteiger partial charge on any atom is -0.494 e. The smallest absolute Gasteiger partial charge is 0.339 e. The molecule has 2 rings (SSSR count). The van der Waals surface area contributed by atoms with Crippen LogP contribution in [0.1, 0.15) is 15.9 Å². The lowest BCUT2D eigenvalue weighted by atomic mass is 10.1. The number of aromatic carboxylic acids is 1. The number of carboxylic acid groups (broad SMARTS) is 1. The first-order chi connectivity index (χ1) is 12.9. The molecule has 0 atom stereocenters. The van der Waals surface area contributed by atoms with Gasteiger partial charge in [-0.2, -0.15) is 0 Å². The third-order valence-corrected chi connectivity index (χ3v) is 3.64. The highest BCUT2D eigenvalue weighted by atomic mass is 16.5. The van der Waals surface area contributed by atoms with Gasteiger partial charge in [-0.25, -0.2) is 9.78 Å². The molecule has 0 aliphatic rings. The number of carbonyl (C=O) groups excluding carboxylic acids is 2. The number of hydrogen-bond donors (Lipinski definition) is 4. The van der Waals surface area contributed by atoms with Crippen LogP contribution in [-0.4, -0.2) is 48.0 Å². The molecule has 0 bridgehead atoms. The molecule has 4 N–H and O–H groups in total. The normalized spacial score (nSPS) is 9.89. The van der Waals surface area contributed by atoms with Gasteiger partial charge in [-0.15, -0.1) is 0 Å². The van der Waals surface area contributed by atoms with Gasteiger partial charge in [-0.1, -0.05) is 6.07 Å². The first-order valence-electron chi connectivity index (χ1n) is 7.75. The van der Waals surface area contributed by atoms with Gasteiger partial charge in [0.15, 0.2) is 11.6 Å². The molecule has 0 aliphatic carbocycles. The van der Waals surface area contributed by atoms with Gasteiger partial charge in [0, 0.05) is 24.4 Å². The van der Waals surface area contributed by atoms with Crippen LogP contribution in [-0.2, 0) is 9.59 Å². The Hall–Kier alpha value is -3.82. The van der Waals surface area contributed by atoms with E-state index < -0.39 is 5.97 Å². The number of hydrazine groups is 1. The summed E-state index contributed by atoms with van der Waals surface area (Å²) in [5.41, 5.74) is 4.34. The number of hydrogen-bond acceptors (Lipinski definition) is 7. The van der Waals surface area contributed by atoms with Gasteiger partial charge in [0.1, 0.15) is 11.4 Å². The van der Waals surface area contributed by atoms with Crippen LogP contribution < -0.4 is 20.8 Å². The second kappa shape index (κ2) is 8.52. The molecule has 0 saturated heterocycles. The van der Waals surface area contributed by atoms with Crippen molar-refractivity contribution < 1.29 is 24.2 Å². The van der Waals surface area contributed by atoms with Crippen molar-refractivity contribution in [3.05, 3.63) is 35.4 Å². The average molecular weight is 373 g/mol. The molecule has 0 radical (unpaired) electrons. The molecule has 27 heavy (non-hydrogen) atoms. The predicted molar refractivity (Wildman–Crippen MR) is 99.3 cm³/mol. The van der Waals surface area contributed by atoms with E-state index in [1.54, 1.807) is 25.1 Å². The number of carbonyl (C=O) groups is 3. The van der Waals surface area contributed by atoms with Crippen LogP contribution in [0.5, 0.6) is 5.75 Å². The van der Waals surface area contributed by atoms with Gasteiger partial charge in [0.2, 0.25) is 12.8 Å². The van der Waals surface area contributed by atoms with Crippen molar-refractivity contribution in [2.75, 3.05) is 30.2 Å². The molecule has 1 heterocycles. The minimum atomic E-state index is -1.12. The number of carboxylic acids is 1. The fraction of sp³-hybridized carbons (Fsp3) is 0.176. The number of pyridine rings is 1. The summed E-state index contributed by atoms with van der Waals surface area (Å²) < 4.78 is 5.24. The van der Waals surface area contributed by atoms with Gasteiger partial charge in [0.05, 0.1) is 12.8 Å². The first kappa shape index (κ1) is 19.5. The summed E-state index contributed by atoms with van der Waals surface area (Å²) in [6.45, 7) is 1.74. The topological polar surface area (TPSA) is 133 Å². The van der Waals surface area contributed by atoms with Gasteiger partial charge < -0.3 is 20.5 Å². The molecular formula is C17H19N5O5. The number of methoxy groups -OCH3 is 1. The molecule has 1 aromatic carbocycles. The first-order valence-corrected chi connectivity index (χ1v) is 7.75. The third-order valence-electron chi connectivity index (χ3n) is 3.64. The van der Waals surface area contributed by atoms with Crippen molar-refractivity contribution >= 4 is 41.8 Å². The number of benzene rings is 1. The largest absolute Gasteiger partial charge is 0.494 e. The highest BCUT2D eigenvalue weighted by Crippen LogP contribution is 2.34. The summed E-state index contributed by atoms with van der Waals surface area (Å²) in [4.78, 5) is 37.3. The molecule has 1 aromatic heterocycles. The predicted octanol–water partition coefficient (Wildman–Crippen LogP) is 1.82. The van der Waals surface area contributed by atoms with Crippen LogP contribution in [0.3, 0.4) is 0 Å². The maximum Gasteiger partial charge on any atom is 0.339 e. The monoisotopic (exact) mass is 373 g/mol. The van der Waals surface area contributed by atoms with Crippen molar-refractivity contribution in [2.45, 2.75) is 6.92 Å². The van der Waals surface area contributed by atoms with Crippen molar-refractivity contribution in [2.24, 2.45) is 0 Å². The molecule has 10 nitrogen and oxygen atoms in total. The van der Waals surface area contributed by atoms with Gasteiger partial charge in [-0.05, 0) is 19.1 Å². The maximum atomic E-state index is 11.4. The Labute approximate surface area is 155 Å². The zero-order valence-corrected chi connectivity index (χ0v) is 14.9. The van der Waals surface area contributed by atoms with Crippen LogP contribution in [0.25, 0.3) is 0 Å². The van der Waals surface area contributed by atoms with E-state index in [0.29, 0.717) is 35.6 Å². The van der Waals surface area contributed by atoms with Crippen molar-refractivity contribution in [1.29, 1.82) is 0 Å². The van der Waals surface area contributed by atoms with Gasteiger partial charge in [-0.3, -0.25) is 20.0 Å². The quantitative estimate of drug-likeness (QED) is 0.386. The summed E-state index contributed by atoms with van der Waals surface area (Å²) in [7, 11) is 2.87. The number of aromatic nitrogens is 1. The Balaban J connectivity index is 2.52. The van der Waals surface area contributed by atoms with E-state index in [9.17, 15) is 19.5 Å². The Morgan fingerprint density at radius 3 is 2.63 bits per heavy atom. The van der Waals surface area contributed by atoms with Gasteiger partial charge >= 0.3 is 5.97 Å². The van der Waals surface area contributed by atoms with E-state index in [0.717, 1.165) is 5.01 Å². The van der Waals surface area contributed by atoms with E-state index in [2.05, 4.69) is 21.0 Å². The molecule has 0 saturated carbocycles. The summed E-state index contributed by atoms with van der Waals surface area (Å²) >= 11 is 0. The number of amides is 2. The number of para-hydroxylation sites is 1. The summed E-state index contributed by atoms with van der Waals surface area (Å²) in [5, 5.41) is 16.0. The molecule has 142 valence electrons. The lowest BCUT2D eigenvalue weighted by Gasteiger charge is -2.20. The molecule has 2 aromatic rings. The Kier molecular flexibility index (Phi) is 6.15. The molecule has 0 unspecified atom stereocenters. The molecule has 10 heteroatoms. The summed E-state index contributed by atoms with van der Waals surface area (Å²) in [6, 6.07) is 6.23. The Morgan fingerprint density at radius 1 is 1.30 bits per heavy atom. The second-order valence-corrected chi connectivity index (χ2v) is 5.44. The molecule has 0 spiro atoms. The second-order valence-electron chi connectivity index (χ2n) is 5.44. The van der Waals surface area contributed by atoms with Crippen LogP contribution in [0.2, 0.25) is 0 Å². The van der Waals surface area contributed by atoms with E-state index in [1.807, 2.05) is 0 Å². The van der Waals surface area contributed by atoms with E-state index in [4.69, 9.17) is 4.74 Å². The third kappa shape index (κ3) is 4.42. The van der Waals surface area contributed by atoms with Crippen LogP contribution in [0, 0.1) is 6.92 Å². The fourth-order valence-electron chi connectivity index (χ4n) is 2.34. The van der Waals surface area contributed by atoms with Crippen LogP contribution in [0.15, 0.2) is 24.3 Å². The standard InChI is InChI=1S/C17H19N5O5/c1-10-13(7-14(18-8-23)20-16(10)21-22(2)9-24)19-12-6-4-5-11(17(25)26)15(12)27-3/h4-9H,1-3H3,(H,25,26)(H3,18,19,20,21,23). The highest BCUT2D eigenvalue weighted by Gasteiger charge is 2.17. The number of nitrogens with one attached hydrogen (secondary N) is 3. The number of ether oxygens (including phenoxy) is 1. The number of anilines is 4.